The highest BCUT2D eigenvalue weighted by molar-refractivity contribution is 5.52. The quantitative estimate of drug-likeness (QED) is 0.807. The average molecular weight is 353 g/mol. The van der Waals surface area contributed by atoms with E-state index in [1.165, 1.54) is 0 Å². The Kier molecular flexibility index (Phi) is 3.22. The van der Waals surface area contributed by atoms with Crippen molar-refractivity contribution in [3.8, 4) is 0 Å². The molecule has 0 spiro atoms. The van der Waals surface area contributed by atoms with E-state index in [9.17, 15) is 0 Å². The maximum atomic E-state index is 6.64. The molecule has 4 N–H and O–H groups in total. The van der Waals surface area contributed by atoms with Crippen LogP contribution in [0.2, 0.25) is 0 Å². The van der Waals surface area contributed by atoms with Gasteiger partial charge in [-0.3, -0.25) is 0 Å². The molecule has 5 atom stereocenters. The first kappa shape index (κ1) is 16.1. The summed E-state index contributed by atoms with van der Waals surface area (Å²) in [5.74, 6) is 0. The smallest absolute Gasteiger partial charge is 0.149 e. The van der Waals surface area contributed by atoms with Gasteiger partial charge in [0.2, 0.25) is 0 Å². The Bertz CT molecular complexity index is 829. The lowest BCUT2D eigenvalue weighted by Gasteiger charge is -2.33. The molecule has 3 fully saturated rings. The highest BCUT2D eigenvalue weighted by atomic mass is 16.7. The zero-order valence-corrected chi connectivity index (χ0v) is 14.9. The number of nitrogens with two attached hydrogens (primary N) is 2. The Hall–Kier alpha value is -2.12. The monoisotopic (exact) mass is 353 g/mol. The number of nitrogen functional groups attached to an aromatic ring is 2. The summed E-state index contributed by atoms with van der Waals surface area (Å²) in [5.41, 5.74) is 14.4. The van der Waals surface area contributed by atoms with E-state index in [1.54, 1.807) is 0 Å². The van der Waals surface area contributed by atoms with Gasteiger partial charge in [0.15, 0.2) is 0 Å². The molecule has 3 heterocycles. The molecule has 3 aliphatic heterocycles. The van der Waals surface area contributed by atoms with Crippen LogP contribution in [0, 0.1) is 0 Å². The fraction of sp³-hybridized carbons (Fsp3) is 0.400. The van der Waals surface area contributed by atoms with Crippen molar-refractivity contribution in [2.75, 3.05) is 18.1 Å². The topological polar surface area (TPSA) is 83.0 Å². The molecule has 26 heavy (non-hydrogen) atoms. The first-order valence-electron chi connectivity index (χ1n) is 8.90. The minimum atomic E-state index is -0.681. The van der Waals surface area contributed by atoms with Crippen molar-refractivity contribution in [2.24, 2.45) is 0 Å². The summed E-state index contributed by atoms with van der Waals surface area (Å²) >= 11 is 0. The van der Waals surface area contributed by atoms with Gasteiger partial charge in [-0.1, -0.05) is 36.4 Å². The lowest BCUT2D eigenvalue weighted by Crippen LogP contribution is -2.40. The Morgan fingerprint density at radius 2 is 1.38 bits per heavy atom. The molecule has 5 rings (SSSR count). The van der Waals surface area contributed by atoms with Crippen LogP contribution in [0.1, 0.15) is 25.0 Å². The molecule has 136 valence electrons. The molecule has 6 nitrogen and oxygen atoms in total. The minimum absolute atomic E-state index is 0.165. The second-order valence-corrected chi connectivity index (χ2v) is 7.56. The molecular formula is C20H23N3O3. The Morgan fingerprint density at radius 1 is 0.846 bits per heavy atom. The highest BCUT2D eigenvalue weighted by Crippen LogP contribution is 2.56. The number of benzene rings is 2. The van der Waals surface area contributed by atoms with Gasteiger partial charge in [0.05, 0.1) is 6.61 Å². The van der Waals surface area contributed by atoms with Crippen molar-refractivity contribution in [2.45, 2.75) is 43.7 Å². The molecule has 0 amide bonds. The van der Waals surface area contributed by atoms with Gasteiger partial charge in [0.1, 0.15) is 29.9 Å². The van der Waals surface area contributed by atoms with E-state index in [2.05, 4.69) is 4.90 Å². The molecule has 0 saturated carbocycles. The number of rotatable bonds is 2. The summed E-state index contributed by atoms with van der Waals surface area (Å²) in [6, 6.07) is 15.6. The molecule has 0 unspecified atom stereocenters. The fourth-order valence-electron chi connectivity index (χ4n) is 4.69. The number of ether oxygens (including phenoxy) is 3. The van der Waals surface area contributed by atoms with Crippen LogP contribution in [0.15, 0.2) is 48.5 Å². The van der Waals surface area contributed by atoms with Gasteiger partial charge in [-0.2, -0.15) is 0 Å². The van der Waals surface area contributed by atoms with E-state index in [0.29, 0.717) is 18.0 Å². The fourth-order valence-corrected chi connectivity index (χ4v) is 4.69. The minimum Gasteiger partial charge on any atom is -0.398 e. The van der Waals surface area contributed by atoms with Crippen LogP contribution in [0.4, 0.5) is 11.4 Å². The summed E-state index contributed by atoms with van der Waals surface area (Å²) in [6.07, 6.45) is -0.732. The SMILES string of the molecule is C[C@@]1(c2ccccc2N)O[C@H]2CO[C@@H]3N2[C@H]1O[C@@]3(C)c1ccccc1N. The summed E-state index contributed by atoms with van der Waals surface area (Å²) in [5, 5.41) is 0. The van der Waals surface area contributed by atoms with Crippen LogP contribution >= 0.6 is 0 Å². The van der Waals surface area contributed by atoms with Gasteiger partial charge >= 0.3 is 0 Å². The largest absolute Gasteiger partial charge is 0.398 e. The summed E-state index contributed by atoms with van der Waals surface area (Å²) in [4.78, 5) is 2.18. The van der Waals surface area contributed by atoms with E-state index in [4.69, 9.17) is 25.7 Å². The van der Waals surface area contributed by atoms with E-state index < -0.39 is 11.2 Å². The summed E-state index contributed by atoms with van der Waals surface area (Å²) in [6.45, 7) is 4.58. The standard InChI is InChI=1S/C20H23N3O3/c1-19(12-7-3-5-9-14(12)21)17-23-16(11-24-17)25-20(2,18(23)26-19)13-8-4-6-10-15(13)22/h3-10,16-18H,11,21-22H2,1-2H3/t16-,17-,18-,19-,20-/m0/s1. The Balaban J connectivity index is 1.62. The van der Waals surface area contributed by atoms with Crippen molar-refractivity contribution < 1.29 is 14.2 Å². The zero-order chi connectivity index (χ0) is 18.1. The first-order chi connectivity index (χ1) is 12.4. The predicted molar refractivity (Wildman–Crippen MR) is 97.7 cm³/mol. The second-order valence-electron chi connectivity index (χ2n) is 7.56. The highest BCUT2D eigenvalue weighted by Gasteiger charge is 2.68. The normalized spacial score (nSPS) is 38.6. The third-order valence-electron chi connectivity index (χ3n) is 5.94. The molecule has 3 saturated heterocycles. The van der Waals surface area contributed by atoms with Gasteiger partial charge in [-0.05, 0) is 26.0 Å². The molecule has 3 aliphatic rings. The van der Waals surface area contributed by atoms with Crippen molar-refractivity contribution in [3.05, 3.63) is 59.7 Å². The first-order valence-corrected chi connectivity index (χ1v) is 8.90. The van der Waals surface area contributed by atoms with Gasteiger partial charge in [-0.25, -0.2) is 4.90 Å². The van der Waals surface area contributed by atoms with Crippen LogP contribution in [0.3, 0.4) is 0 Å². The number of para-hydroxylation sites is 2. The number of nitrogens with zero attached hydrogens (tertiary/aromatic N) is 1. The lowest BCUT2D eigenvalue weighted by molar-refractivity contribution is -0.137. The van der Waals surface area contributed by atoms with Crippen LogP contribution in [0.25, 0.3) is 0 Å². The third kappa shape index (κ3) is 1.90. The second kappa shape index (κ2) is 5.20. The van der Waals surface area contributed by atoms with Gasteiger partial charge < -0.3 is 25.7 Å². The van der Waals surface area contributed by atoms with Gasteiger partial charge in [0, 0.05) is 22.5 Å². The van der Waals surface area contributed by atoms with Crippen molar-refractivity contribution in [3.63, 3.8) is 0 Å². The Morgan fingerprint density at radius 3 is 1.96 bits per heavy atom. The molecular weight excluding hydrogens is 330 g/mol. The van der Waals surface area contributed by atoms with Crippen LogP contribution in [0.5, 0.6) is 0 Å². The third-order valence-corrected chi connectivity index (χ3v) is 5.94. The molecule has 0 aromatic heterocycles. The maximum absolute atomic E-state index is 6.64. The molecule has 2 aromatic carbocycles. The van der Waals surface area contributed by atoms with Crippen LogP contribution in [-0.2, 0) is 25.4 Å². The van der Waals surface area contributed by atoms with Crippen LogP contribution < -0.4 is 11.5 Å². The van der Waals surface area contributed by atoms with Crippen molar-refractivity contribution in [1.82, 2.24) is 4.90 Å². The lowest BCUT2D eigenvalue weighted by atomic mass is 9.92. The van der Waals surface area contributed by atoms with Gasteiger partial charge in [-0.15, -0.1) is 0 Å². The summed E-state index contributed by atoms with van der Waals surface area (Å²) in [7, 11) is 0. The molecule has 0 aliphatic carbocycles. The zero-order valence-electron chi connectivity index (χ0n) is 14.9. The summed E-state index contributed by atoms with van der Waals surface area (Å²) < 4.78 is 19.1. The number of hydrogen-bond acceptors (Lipinski definition) is 6. The van der Waals surface area contributed by atoms with E-state index in [1.807, 2.05) is 62.4 Å². The predicted octanol–water partition coefficient (Wildman–Crippen LogP) is 2.35. The molecule has 0 bridgehead atoms. The van der Waals surface area contributed by atoms with E-state index in [-0.39, 0.29) is 18.7 Å². The van der Waals surface area contributed by atoms with Crippen molar-refractivity contribution in [1.29, 1.82) is 0 Å². The van der Waals surface area contributed by atoms with E-state index >= 15 is 0 Å². The maximum Gasteiger partial charge on any atom is 0.149 e. The molecule has 0 radical (unpaired) electrons. The molecule has 2 aromatic rings. The van der Waals surface area contributed by atoms with E-state index in [0.717, 1.165) is 11.1 Å². The van der Waals surface area contributed by atoms with Crippen LogP contribution in [-0.4, -0.2) is 30.2 Å². The molecule has 6 heteroatoms. The Labute approximate surface area is 152 Å². The number of anilines is 2. The average Bonchev–Trinajstić information content (AvgIpc) is 3.24. The van der Waals surface area contributed by atoms with Crippen molar-refractivity contribution >= 4 is 11.4 Å². The number of hydrogen-bond donors (Lipinski definition) is 2. The van der Waals surface area contributed by atoms with Gasteiger partial charge in [0.25, 0.3) is 0 Å².